The van der Waals surface area contributed by atoms with E-state index in [1.807, 2.05) is 6.07 Å². The van der Waals surface area contributed by atoms with Crippen LogP contribution in [0.15, 0.2) is 39.5 Å². The molecule has 0 spiro atoms. The average molecular weight is 379 g/mol. The number of thiophene rings is 1. The molecule has 0 fully saturated rings. The Morgan fingerprint density at radius 2 is 2.22 bits per heavy atom. The molecule has 0 aliphatic carbocycles. The van der Waals surface area contributed by atoms with Gasteiger partial charge in [-0.2, -0.15) is 5.26 Å². The van der Waals surface area contributed by atoms with E-state index in [4.69, 9.17) is 4.42 Å². The maximum Gasteiger partial charge on any atom is 0.349 e. The summed E-state index contributed by atoms with van der Waals surface area (Å²) in [6.07, 6.45) is 0.788. The SMILES string of the molecule is CCN1CCc2c(sc(NC(=O)c3cc4ccccc4oc3=O)c2C#N)C1. The fourth-order valence-corrected chi connectivity index (χ4v) is 4.56. The fourth-order valence-electron chi connectivity index (χ4n) is 3.32. The first-order chi connectivity index (χ1) is 13.1. The first-order valence-electron chi connectivity index (χ1n) is 8.72. The van der Waals surface area contributed by atoms with E-state index in [0.29, 0.717) is 21.5 Å². The fraction of sp³-hybridized carbons (Fsp3) is 0.250. The van der Waals surface area contributed by atoms with Crippen LogP contribution in [-0.2, 0) is 13.0 Å². The molecule has 6 nitrogen and oxygen atoms in total. The van der Waals surface area contributed by atoms with Gasteiger partial charge in [-0.05, 0) is 30.7 Å². The summed E-state index contributed by atoms with van der Waals surface area (Å²) in [6.45, 7) is 4.72. The van der Waals surface area contributed by atoms with E-state index in [9.17, 15) is 14.9 Å². The number of para-hydroxylation sites is 1. The van der Waals surface area contributed by atoms with Gasteiger partial charge in [0, 0.05) is 23.4 Å². The minimum Gasteiger partial charge on any atom is -0.422 e. The van der Waals surface area contributed by atoms with Gasteiger partial charge in [0.1, 0.15) is 22.2 Å². The molecule has 0 unspecified atom stereocenters. The summed E-state index contributed by atoms with van der Waals surface area (Å²) < 4.78 is 5.23. The van der Waals surface area contributed by atoms with E-state index in [-0.39, 0.29) is 5.56 Å². The van der Waals surface area contributed by atoms with Gasteiger partial charge < -0.3 is 9.73 Å². The number of rotatable bonds is 3. The van der Waals surface area contributed by atoms with Crippen molar-refractivity contribution in [3.8, 4) is 6.07 Å². The monoisotopic (exact) mass is 379 g/mol. The number of hydrogen-bond donors (Lipinski definition) is 1. The number of anilines is 1. The van der Waals surface area contributed by atoms with Crippen molar-refractivity contribution in [1.82, 2.24) is 4.90 Å². The van der Waals surface area contributed by atoms with E-state index >= 15 is 0 Å². The van der Waals surface area contributed by atoms with Crippen LogP contribution in [0.5, 0.6) is 0 Å². The molecule has 2 aromatic heterocycles. The number of carbonyl (C=O) groups excluding carboxylic acids is 1. The van der Waals surface area contributed by atoms with Crippen LogP contribution < -0.4 is 10.9 Å². The molecule has 0 saturated carbocycles. The van der Waals surface area contributed by atoms with Crippen molar-refractivity contribution in [2.45, 2.75) is 19.9 Å². The predicted octanol–water partition coefficient (Wildman–Crippen LogP) is 3.36. The lowest BCUT2D eigenvalue weighted by atomic mass is 10.0. The zero-order valence-electron chi connectivity index (χ0n) is 14.7. The summed E-state index contributed by atoms with van der Waals surface area (Å²) in [5.74, 6) is -0.558. The van der Waals surface area contributed by atoms with E-state index in [1.165, 1.54) is 17.4 Å². The van der Waals surface area contributed by atoms with Gasteiger partial charge in [-0.1, -0.05) is 25.1 Å². The van der Waals surface area contributed by atoms with Gasteiger partial charge in [-0.3, -0.25) is 9.69 Å². The Bertz CT molecular complexity index is 1140. The van der Waals surface area contributed by atoms with Crippen LogP contribution in [0.2, 0.25) is 0 Å². The lowest BCUT2D eigenvalue weighted by Crippen LogP contribution is -2.29. The lowest BCUT2D eigenvalue weighted by Gasteiger charge is -2.24. The van der Waals surface area contributed by atoms with Crippen LogP contribution in [0.3, 0.4) is 0 Å². The van der Waals surface area contributed by atoms with Crippen molar-refractivity contribution in [3.63, 3.8) is 0 Å². The Hall–Kier alpha value is -2.95. The van der Waals surface area contributed by atoms with E-state index < -0.39 is 11.5 Å². The molecule has 4 rings (SSSR count). The highest BCUT2D eigenvalue weighted by Gasteiger charge is 2.25. The van der Waals surface area contributed by atoms with Gasteiger partial charge in [-0.25, -0.2) is 4.79 Å². The Balaban J connectivity index is 1.68. The summed E-state index contributed by atoms with van der Waals surface area (Å²) in [5.41, 5.74) is 1.18. The number of benzene rings is 1. The summed E-state index contributed by atoms with van der Waals surface area (Å²) in [4.78, 5) is 28.3. The molecule has 136 valence electrons. The van der Waals surface area contributed by atoms with Crippen molar-refractivity contribution >= 4 is 33.2 Å². The minimum absolute atomic E-state index is 0.0702. The Kier molecular flexibility index (Phi) is 4.52. The van der Waals surface area contributed by atoms with Crippen LogP contribution in [0.1, 0.15) is 33.3 Å². The van der Waals surface area contributed by atoms with Crippen molar-refractivity contribution in [2.24, 2.45) is 0 Å². The normalized spacial score (nSPS) is 13.9. The summed E-state index contributed by atoms with van der Waals surface area (Å²) in [6, 6.07) is 10.8. The largest absolute Gasteiger partial charge is 0.422 e. The number of fused-ring (bicyclic) bond motifs is 2. The van der Waals surface area contributed by atoms with Crippen molar-refractivity contribution in [1.29, 1.82) is 5.26 Å². The molecule has 0 saturated heterocycles. The molecule has 3 aromatic rings. The summed E-state index contributed by atoms with van der Waals surface area (Å²) in [7, 11) is 0. The maximum atomic E-state index is 12.7. The van der Waals surface area contributed by atoms with Crippen LogP contribution in [0.4, 0.5) is 5.00 Å². The molecule has 1 amide bonds. The second-order valence-corrected chi connectivity index (χ2v) is 7.48. The highest BCUT2D eigenvalue weighted by atomic mass is 32.1. The molecule has 1 aliphatic heterocycles. The van der Waals surface area contributed by atoms with Gasteiger partial charge in [0.25, 0.3) is 5.91 Å². The maximum absolute atomic E-state index is 12.7. The molecule has 1 N–H and O–H groups in total. The topological polar surface area (TPSA) is 86.3 Å². The van der Waals surface area contributed by atoms with Crippen molar-refractivity contribution in [3.05, 3.63) is 62.3 Å². The second kappa shape index (κ2) is 6.99. The Labute approximate surface area is 159 Å². The molecule has 7 heteroatoms. The van der Waals surface area contributed by atoms with E-state index in [0.717, 1.165) is 36.5 Å². The Morgan fingerprint density at radius 3 is 3.00 bits per heavy atom. The van der Waals surface area contributed by atoms with Crippen LogP contribution in [0.25, 0.3) is 11.0 Å². The third-order valence-corrected chi connectivity index (χ3v) is 5.94. The van der Waals surface area contributed by atoms with Gasteiger partial charge in [-0.15, -0.1) is 11.3 Å². The third-order valence-electron chi connectivity index (χ3n) is 4.81. The van der Waals surface area contributed by atoms with Gasteiger partial charge >= 0.3 is 5.63 Å². The minimum atomic E-state index is -0.691. The zero-order valence-corrected chi connectivity index (χ0v) is 15.6. The molecule has 0 bridgehead atoms. The molecule has 0 radical (unpaired) electrons. The molecule has 1 aliphatic rings. The van der Waals surface area contributed by atoms with Crippen molar-refractivity contribution in [2.75, 3.05) is 18.4 Å². The number of carbonyl (C=O) groups is 1. The highest BCUT2D eigenvalue weighted by Crippen LogP contribution is 2.36. The van der Waals surface area contributed by atoms with Gasteiger partial charge in [0.15, 0.2) is 0 Å². The van der Waals surface area contributed by atoms with E-state index in [2.05, 4.69) is 23.2 Å². The summed E-state index contributed by atoms with van der Waals surface area (Å²) in [5, 5.41) is 13.5. The molecular weight excluding hydrogens is 362 g/mol. The first-order valence-corrected chi connectivity index (χ1v) is 9.53. The van der Waals surface area contributed by atoms with Crippen molar-refractivity contribution < 1.29 is 9.21 Å². The molecule has 3 heterocycles. The second-order valence-electron chi connectivity index (χ2n) is 6.38. The summed E-state index contributed by atoms with van der Waals surface area (Å²) >= 11 is 1.41. The molecule has 27 heavy (non-hydrogen) atoms. The molecule has 0 atom stereocenters. The quantitative estimate of drug-likeness (QED) is 0.705. The zero-order chi connectivity index (χ0) is 19.0. The number of likely N-dealkylation sites (N-methyl/N-ethyl adjacent to an activating group) is 1. The number of nitriles is 1. The average Bonchev–Trinajstić information content (AvgIpc) is 3.03. The molecular formula is C20H17N3O3S. The first kappa shape index (κ1) is 17.5. The van der Waals surface area contributed by atoms with E-state index in [1.54, 1.807) is 18.2 Å². The highest BCUT2D eigenvalue weighted by molar-refractivity contribution is 7.16. The third kappa shape index (κ3) is 3.14. The van der Waals surface area contributed by atoms with Gasteiger partial charge in [0.05, 0.1) is 5.56 Å². The number of nitrogens with one attached hydrogen (secondary N) is 1. The Morgan fingerprint density at radius 1 is 1.41 bits per heavy atom. The number of amides is 1. The molecule has 1 aromatic carbocycles. The number of nitrogens with zero attached hydrogens (tertiary/aromatic N) is 2. The van der Waals surface area contributed by atoms with Crippen LogP contribution in [0, 0.1) is 11.3 Å². The number of hydrogen-bond acceptors (Lipinski definition) is 6. The lowest BCUT2D eigenvalue weighted by molar-refractivity contribution is 0.102. The standard InChI is InChI=1S/C20H17N3O3S/c1-2-23-8-7-13-15(10-21)19(27-17(13)11-23)22-18(24)14-9-12-5-3-4-6-16(12)26-20(14)25/h3-6,9H,2,7-8,11H2,1H3,(H,22,24). The van der Waals surface area contributed by atoms with Crippen LogP contribution >= 0.6 is 11.3 Å². The predicted molar refractivity (Wildman–Crippen MR) is 104 cm³/mol. The van der Waals surface area contributed by atoms with Gasteiger partial charge in [0.2, 0.25) is 0 Å². The smallest absolute Gasteiger partial charge is 0.349 e. The van der Waals surface area contributed by atoms with Crippen LogP contribution in [-0.4, -0.2) is 23.9 Å².